The quantitative estimate of drug-likeness (QED) is 0.374. The van der Waals surface area contributed by atoms with E-state index in [4.69, 9.17) is 4.74 Å². The lowest BCUT2D eigenvalue weighted by Crippen LogP contribution is -2.39. The number of alkyl halides is 6. The summed E-state index contributed by atoms with van der Waals surface area (Å²) in [6.07, 6.45) is -8.36. The Labute approximate surface area is 198 Å². The summed E-state index contributed by atoms with van der Waals surface area (Å²) in [6, 6.07) is 5.47. The minimum atomic E-state index is -4.66. The van der Waals surface area contributed by atoms with Gasteiger partial charge in [0.15, 0.2) is 11.2 Å². The van der Waals surface area contributed by atoms with Crippen molar-refractivity contribution in [3.05, 3.63) is 80.3 Å². The van der Waals surface area contributed by atoms with Gasteiger partial charge in [-0.3, -0.25) is 23.5 Å². The molecule has 0 atom stereocenters. The summed E-state index contributed by atoms with van der Waals surface area (Å²) in [4.78, 5) is 33.2. The molecule has 3 aromatic heterocycles. The van der Waals surface area contributed by atoms with Crippen LogP contribution in [0.4, 0.5) is 26.3 Å². The molecule has 14 heteroatoms. The van der Waals surface area contributed by atoms with Crippen molar-refractivity contribution >= 4 is 11.2 Å². The predicted octanol–water partition coefficient (Wildman–Crippen LogP) is 4.19. The minimum absolute atomic E-state index is 0.0122. The van der Waals surface area contributed by atoms with Gasteiger partial charge in [0.1, 0.15) is 11.4 Å². The number of ether oxygens (including phenoxy) is 1. The minimum Gasteiger partial charge on any atom is -0.425 e. The van der Waals surface area contributed by atoms with Crippen molar-refractivity contribution in [2.24, 2.45) is 7.05 Å². The molecule has 0 aliphatic heterocycles. The summed E-state index contributed by atoms with van der Waals surface area (Å²) >= 11 is 0. The number of pyridine rings is 1. The maximum atomic E-state index is 13.1. The molecule has 1 aromatic carbocycles. The highest BCUT2D eigenvalue weighted by Gasteiger charge is 2.32. The van der Waals surface area contributed by atoms with E-state index in [1.165, 1.54) is 17.7 Å². The molecular formula is C22H17F6N5O3. The van der Waals surface area contributed by atoms with Crippen molar-refractivity contribution < 1.29 is 31.1 Å². The third-order valence-corrected chi connectivity index (χ3v) is 5.34. The summed E-state index contributed by atoms with van der Waals surface area (Å²) in [5.74, 6) is -0.257. The van der Waals surface area contributed by atoms with Crippen molar-refractivity contribution in [1.82, 2.24) is 23.7 Å². The Balaban J connectivity index is 1.89. The number of hydrogen-bond donors (Lipinski definition) is 0. The Bertz CT molecular complexity index is 1550. The van der Waals surface area contributed by atoms with Crippen LogP contribution in [0.1, 0.15) is 23.7 Å². The van der Waals surface area contributed by atoms with Crippen molar-refractivity contribution in [3.63, 3.8) is 0 Å². The van der Waals surface area contributed by atoms with E-state index >= 15 is 0 Å². The first-order chi connectivity index (χ1) is 16.8. The van der Waals surface area contributed by atoms with E-state index in [0.29, 0.717) is 0 Å². The molecule has 0 amide bonds. The first-order valence-electron chi connectivity index (χ1n) is 10.4. The SMILES string of the molecule is CCn1c(=O)c2c(nc(Oc3cccc(C(F)(F)F)c3)n2Cc2ccc(C(F)(F)F)nc2)n(C)c1=O. The second-order valence-electron chi connectivity index (χ2n) is 7.72. The number of imidazole rings is 1. The molecule has 0 saturated heterocycles. The van der Waals surface area contributed by atoms with E-state index < -0.39 is 34.9 Å². The molecule has 4 aromatic rings. The maximum Gasteiger partial charge on any atom is 0.433 e. The average Bonchev–Trinajstić information content (AvgIpc) is 3.15. The lowest BCUT2D eigenvalue weighted by Gasteiger charge is -2.12. The third-order valence-electron chi connectivity index (χ3n) is 5.34. The molecule has 0 unspecified atom stereocenters. The van der Waals surface area contributed by atoms with Crippen LogP contribution in [0.25, 0.3) is 11.2 Å². The molecule has 0 N–H and O–H groups in total. The molecule has 0 bridgehead atoms. The molecule has 0 spiro atoms. The van der Waals surface area contributed by atoms with E-state index in [2.05, 4.69) is 9.97 Å². The second-order valence-corrected chi connectivity index (χ2v) is 7.72. The number of hydrogen-bond acceptors (Lipinski definition) is 5. The van der Waals surface area contributed by atoms with Gasteiger partial charge < -0.3 is 4.74 Å². The number of nitrogens with zero attached hydrogens (tertiary/aromatic N) is 5. The topological polar surface area (TPSA) is 83.9 Å². The van der Waals surface area contributed by atoms with Gasteiger partial charge in [0, 0.05) is 19.8 Å². The summed E-state index contributed by atoms with van der Waals surface area (Å²) < 4.78 is 86.9. The van der Waals surface area contributed by atoms with Gasteiger partial charge in [-0.15, -0.1) is 0 Å². The molecule has 36 heavy (non-hydrogen) atoms. The molecule has 0 radical (unpaired) electrons. The van der Waals surface area contributed by atoms with Crippen LogP contribution in [0.5, 0.6) is 11.8 Å². The Morgan fingerprint density at radius 1 is 0.972 bits per heavy atom. The van der Waals surface area contributed by atoms with E-state index in [1.54, 1.807) is 6.92 Å². The summed E-state index contributed by atoms with van der Waals surface area (Å²) in [5.41, 5.74) is -3.57. The molecule has 3 heterocycles. The Kier molecular flexibility index (Phi) is 6.14. The summed E-state index contributed by atoms with van der Waals surface area (Å²) in [7, 11) is 1.35. The molecular weight excluding hydrogens is 496 g/mol. The summed E-state index contributed by atoms with van der Waals surface area (Å²) in [5, 5.41) is 0. The second kappa shape index (κ2) is 8.84. The fraction of sp³-hybridized carbons (Fsp3) is 0.273. The number of benzene rings is 1. The number of aryl methyl sites for hydroxylation is 1. The molecule has 4 rings (SSSR count). The fourth-order valence-electron chi connectivity index (χ4n) is 3.56. The highest BCUT2D eigenvalue weighted by atomic mass is 19.4. The predicted molar refractivity (Wildman–Crippen MR) is 115 cm³/mol. The van der Waals surface area contributed by atoms with Gasteiger partial charge in [0.05, 0.1) is 12.1 Å². The van der Waals surface area contributed by atoms with Gasteiger partial charge in [-0.2, -0.15) is 31.3 Å². The van der Waals surface area contributed by atoms with Crippen LogP contribution in [0.15, 0.2) is 52.2 Å². The number of aromatic nitrogens is 5. The molecule has 0 aliphatic rings. The monoisotopic (exact) mass is 513 g/mol. The van der Waals surface area contributed by atoms with E-state index in [1.807, 2.05) is 0 Å². The van der Waals surface area contributed by atoms with Gasteiger partial charge in [-0.1, -0.05) is 12.1 Å². The van der Waals surface area contributed by atoms with Crippen molar-refractivity contribution in [2.45, 2.75) is 32.4 Å². The van der Waals surface area contributed by atoms with Gasteiger partial charge in [0.2, 0.25) is 0 Å². The normalized spacial score (nSPS) is 12.3. The van der Waals surface area contributed by atoms with E-state index in [-0.39, 0.29) is 41.6 Å². The first-order valence-corrected chi connectivity index (χ1v) is 10.4. The smallest absolute Gasteiger partial charge is 0.425 e. The largest absolute Gasteiger partial charge is 0.433 e. The molecule has 0 fully saturated rings. The van der Waals surface area contributed by atoms with Crippen LogP contribution in [0, 0.1) is 0 Å². The standard InChI is InChI=1S/C22H17F6N5O3/c1-3-32-18(34)16-17(31(2)20(32)35)30-19(36-14-6-4-5-13(9-14)21(23,24)25)33(16)11-12-7-8-15(29-10-12)22(26,27)28/h4-10H,3,11H2,1-2H3. The van der Waals surface area contributed by atoms with E-state index in [9.17, 15) is 35.9 Å². The van der Waals surface area contributed by atoms with Crippen LogP contribution >= 0.6 is 0 Å². The van der Waals surface area contributed by atoms with Crippen LogP contribution in [0.2, 0.25) is 0 Å². The molecule has 0 saturated carbocycles. The number of halogens is 6. The van der Waals surface area contributed by atoms with Gasteiger partial charge in [-0.05, 0) is 36.8 Å². The molecule has 8 nitrogen and oxygen atoms in total. The van der Waals surface area contributed by atoms with E-state index in [0.717, 1.165) is 45.7 Å². The lowest BCUT2D eigenvalue weighted by molar-refractivity contribution is -0.141. The van der Waals surface area contributed by atoms with Gasteiger partial charge >= 0.3 is 24.1 Å². The highest BCUT2D eigenvalue weighted by molar-refractivity contribution is 5.72. The average molecular weight is 513 g/mol. The van der Waals surface area contributed by atoms with Crippen LogP contribution < -0.4 is 16.0 Å². The number of fused-ring (bicyclic) bond motifs is 1. The van der Waals surface area contributed by atoms with Crippen LogP contribution in [0.3, 0.4) is 0 Å². The third kappa shape index (κ3) is 4.57. The van der Waals surface area contributed by atoms with Crippen molar-refractivity contribution in [3.8, 4) is 11.8 Å². The number of rotatable bonds is 5. The highest BCUT2D eigenvalue weighted by Crippen LogP contribution is 2.33. The Morgan fingerprint density at radius 2 is 1.69 bits per heavy atom. The molecule has 0 aliphatic carbocycles. The zero-order valence-corrected chi connectivity index (χ0v) is 18.7. The summed E-state index contributed by atoms with van der Waals surface area (Å²) in [6.45, 7) is 1.31. The van der Waals surface area contributed by atoms with Crippen LogP contribution in [-0.4, -0.2) is 23.7 Å². The van der Waals surface area contributed by atoms with Crippen molar-refractivity contribution in [1.29, 1.82) is 0 Å². The van der Waals surface area contributed by atoms with Crippen LogP contribution in [-0.2, 0) is 32.5 Å². The zero-order valence-electron chi connectivity index (χ0n) is 18.7. The first kappa shape index (κ1) is 25.0. The van der Waals surface area contributed by atoms with Gasteiger partial charge in [-0.25, -0.2) is 4.79 Å². The Morgan fingerprint density at radius 3 is 2.28 bits per heavy atom. The van der Waals surface area contributed by atoms with Gasteiger partial charge in [0.25, 0.3) is 5.56 Å². The maximum absolute atomic E-state index is 13.1. The van der Waals surface area contributed by atoms with Crippen molar-refractivity contribution in [2.75, 3.05) is 0 Å². The zero-order chi connectivity index (χ0) is 26.4. The Hall–Kier alpha value is -4.10. The lowest BCUT2D eigenvalue weighted by atomic mass is 10.2. The fourth-order valence-corrected chi connectivity index (χ4v) is 3.56. The molecule has 190 valence electrons.